The molecular weight excluding hydrogens is 331 g/mol. The van der Waals surface area contributed by atoms with Crippen molar-refractivity contribution in [3.63, 3.8) is 0 Å². The molecule has 137 valence electrons. The van der Waals surface area contributed by atoms with E-state index in [0.717, 1.165) is 0 Å². The quantitative estimate of drug-likeness (QED) is 0.284. The summed E-state index contributed by atoms with van der Waals surface area (Å²) in [5, 5.41) is 0. The van der Waals surface area contributed by atoms with Gasteiger partial charge >= 0.3 is 0 Å². The van der Waals surface area contributed by atoms with E-state index in [0.29, 0.717) is 0 Å². The smallest absolute Gasteiger partial charge is 0.0470 e. The Kier molecular flexibility index (Phi) is 37.9. The molecule has 0 rings (SSSR count). The highest BCUT2D eigenvalue weighted by Gasteiger charge is 1.99. The van der Waals surface area contributed by atoms with Gasteiger partial charge < -0.3 is 0 Å². The zero-order valence-electron chi connectivity index (χ0n) is 17.6. The minimum atomic E-state index is 0. The summed E-state index contributed by atoms with van der Waals surface area (Å²) in [7, 11) is 0.412. The molecule has 0 aliphatic rings. The third kappa shape index (κ3) is 23.3. The second-order valence-corrected chi connectivity index (χ2v) is 16.3. The Balaban J connectivity index is -0.000000108. The van der Waals surface area contributed by atoms with E-state index >= 15 is 0 Å². The molecule has 0 aromatic rings. The molecule has 1 unspecified atom stereocenters. The standard InChI is InChI=1S/3C6H15Si.H3P/c3*1-4-7(5-2)6-3;/h3*4-6H2,1-3H3;1H3. The van der Waals surface area contributed by atoms with Gasteiger partial charge in [0.25, 0.3) is 0 Å². The molecule has 0 spiro atoms. The average molecular weight is 380 g/mol. The molecule has 3 radical (unpaired) electrons. The van der Waals surface area contributed by atoms with Crippen LogP contribution in [0.2, 0.25) is 54.4 Å². The number of rotatable bonds is 9. The maximum absolute atomic E-state index is 2.31. The largest absolute Gasteiger partial charge is 0.153 e. The summed E-state index contributed by atoms with van der Waals surface area (Å²) in [6, 6.07) is 13.1. The third-order valence-corrected chi connectivity index (χ3v) is 13.5. The SMILES string of the molecule is CC[Si](CC)CC.CC[Si](CC)CC.CC[Si](CC)CC.P. The molecule has 1 atom stereocenters. The molecule has 0 fully saturated rings. The average Bonchev–Trinajstić information content (AvgIpc) is 2.54. The predicted octanol–water partition coefficient (Wildman–Crippen LogP) is 7.68. The highest BCUT2D eigenvalue weighted by molar-refractivity contribution is 6.92. The molecule has 0 nitrogen and oxygen atoms in total. The molecule has 0 aliphatic carbocycles. The van der Waals surface area contributed by atoms with Crippen molar-refractivity contribution >= 4 is 36.3 Å². The fraction of sp³-hybridized carbons (Fsp3) is 1.00. The van der Waals surface area contributed by atoms with Crippen molar-refractivity contribution in [2.24, 2.45) is 0 Å². The van der Waals surface area contributed by atoms with Crippen LogP contribution in [0.1, 0.15) is 62.3 Å². The lowest BCUT2D eigenvalue weighted by atomic mass is 10.9. The Morgan fingerprint density at radius 3 is 0.409 bits per heavy atom. The lowest BCUT2D eigenvalue weighted by molar-refractivity contribution is 1.24. The lowest BCUT2D eigenvalue weighted by Gasteiger charge is -2.02. The van der Waals surface area contributed by atoms with Gasteiger partial charge in [-0.3, -0.25) is 0 Å². The van der Waals surface area contributed by atoms with Gasteiger partial charge in [0.1, 0.15) is 0 Å². The zero-order chi connectivity index (χ0) is 17.1. The molecule has 0 saturated carbocycles. The number of hydrogen-bond acceptors (Lipinski definition) is 0. The Morgan fingerprint density at radius 1 is 0.318 bits per heavy atom. The highest BCUT2D eigenvalue weighted by Crippen LogP contribution is 2.02. The molecule has 0 saturated heterocycles. The molecule has 0 aromatic carbocycles. The Labute approximate surface area is 153 Å². The van der Waals surface area contributed by atoms with Crippen molar-refractivity contribution in [1.29, 1.82) is 0 Å². The third-order valence-electron chi connectivity index (χ3n) is 4.50. The fourth-order valence-corrected chi connectivity index (χ4v) is 6.75. The summed E-state index contributed by atoms with van der Waals surface area (Å²) >= 11 is 0. The van der Waals surface area contributed by atoms with Crippen molar-refractivity contribution in [2.45, 2.75) is 117 Å². The first-order chi connectivity index (χ1) is 10.0. The monoisotopic (exact) mass is 379 g/mol. The molecule has 22 heavy (non-hydrogen) atoms. The molecule has 0 amide bonds. The van der Waals surface area contributed by atoms with E-state index in [2.05, 4.69) is 62.3 Å². The van der Waals surface area contributed by atoms with Gasteiger partial charge in [0.05, 0.1) is 0 Å². The van der Waals surface area contributed by atoms with Crippen LogP contribution in [0, 0.1) is 0 Å². The molecule has 0 heterocycles. The van der Waals surface area contributed by atoms with Crippen molar-refractivity contribution in [2.75, 3.05) is 0 Å². The molecule has 0 aromatic heterocycles. The van der Waals surface area contributed by atoms with Gasteiger partial charge in [0.15, 0.2) is 0 Å². The normalized spacial score (nSPS) is 9.82. The second-order valence-electron chi connectivity index (χ2n) is 5.43. The second kappa shape index (κ2) is 27.0. The van der Waals surface area contributed by atoms with Crippen LogP contribution in [0.5, 0.6) is 0 Å². The first-order valence-electron chi connectivity index (χ1n) is 9.55. The van der Waals surface area contributed by atoms with Crippen LogP contribution >= 0.6 is 9.90 Å². The fourth-order valence-electron chi connectivity index (χ4n) is 2.25. The maximum Gasteiger partial charge on any atom is 0.0470 e. The van der Waals surface area contributed by atoms with Crippen LogP contribution in [0.25, 0.3) is 0 Å². The van der Waals surface area contributed by atoms with Crippen LogP contribution in [0.15, 0.2) is 0 Å². The summed E-state index contributed by atoms with van der Waals surface area (Å²) in [6.45, 7) is 20.8. The van der Waals surface area contributed by atoms with Crippen LogP contribution < -0.4 is 0 Å². The maximum atomic E-state index is 2.31. The van der Waals surface area contributed by atoms with Gasteiger partial charge in [-0.2, -0.15) is 9.90 Å². The highest BCUT2D eigenvalue weighted by atomic mass is 31.0. The van der Waals surface area contributed by atoms with Crippen LogP contribution in [-0.4, -0.2) is 26.4 Å². The van der Waals surface area contributed by atoms with Gasteiger partial charge in [0, 0.05) is 26.4 Å². The van der Waals surface area contributed by atoms with Gasteiger partial charge in [-0.25, -0.2) is 0 Å². The molecule has 4 heteroatoms. The zero-order valence-corrected chi connectivity index (χ0v) is 22.0. The summed E-state index contributed by atoms with van der Waals surface area (Å²) in [5.74, 6) is 0. The number of hydrogen-bond donors (Lipinski definition) is 0. The van der Waals surface area contributed by atoms with E-state index in [1.807, 2.05) is 0 Å². The van der Waals surface area contributed by atoms with E-state index in [-0.39, 0.29) is 36.3 Å². The minimum absolute atomic E-state index is 0. The Hall–Kier alpha value is 1.08. The van der Waals surface area contributed by atoms with Crippen LogP contribution in [0.3, 0.4) is 0 Å². The topological polar surface area (TPSA) is 0 Å². The van der Waals surface area contributed by atoms with E-state index < -0.39 is 0 Å². The minimum Gasteiger partial charge on any atom is -0.153 e. The summed E-state index contributed by atoms with van der Waals surface area (Å²) in [4.78, 5) is 0. The van der Waals surface area contributed by atoms with E-state index in [9.17, 15) is 0 Å². The van der Waals surface area contributed by atoms with Crippen LogP contribution in [-0.2, 0) is 0 Å². The van der Waals surface area contributed by atoms with Gasteiger partial charge in [0.2, 0.25) is 0 Å². The first-order valence-corrected chi connectivity index (χ1v) is 15.9. The summed E-state index contributed by atoms with van der Waals surface area (Å²) in [5.41, 5.74) is 0. The molecule has 0 aliphatic heterocycles. The van der Waals surface area contributed by atoms with E-state index in [4.69, 9.17) is 0 Å². The van der Waals surface area contributed by atoms with Gasteiger partial charge in [-0.15, -0.1) is 0 Å². The molecule has 0 N–H and O–H groups in total. The summed E-state index contributed by atoms with van der Waals surface area (Å²) < 4.78 is 0. The van der Waals surface area contributed by atoms with E-state index in [1.165, 1.54) is 54.4 Å². The van der Waals surface area contributed by atoms with E-state index in [1.54, 1.807) is 0 Å². The Morgan fingerprint density at radius 2 is 0.409 bits per heavy atom. The van der Waals surface area contributed by atoms with Crippen LogP contribution in [0.4, 0.5) is 0 Å². The van der Waals surface area contributed by atoms with Crippen molar-refractivity contribution < 1.29 is 0 Å². The van der Waals surface area contributed by atoms with Gasteiger partial charge in [-0.1, -0.05) is 117 Å². The van der Waals surface area contributed by atoms with Crippen molar-refractivity contribution in [3.05, 3.63) is 0 Å². The predicted molar refractivity (Wildman–Crippen MR) is 123 cm³/mol. The van der Waals surface area contributed by atoms with Crippen molar-refractivity contribution in [3.8, 4) is 0 Å². The lowest BCUT2D eigenvalue weighted by Crippen LogP contribution is -2.04. The Bertz CT molecular complexity index is 111. The molecular formula is C18H48PSi3. The summed E-state index contributed by atoms with van der Waals surface area (Å²) in [6.07, 6.45) is 0. The first kappa shape index (κ1) is 30.9. The molecule has 0 bridgehead atoms. The van der Waals surface area contributed by atoms with Crippen molar-refractivity contribution in [1.82, 2.24) is 0 Å². The van der Waals surface area contributed by atoms with Gasteiger partial charge in [-0.05, 0) is 0 Å².